The molecule has 1 aromatic carbocycles. The number of hydrogen-bond donors (Lipinski definition) is 1. The molecular formula is C13H17BrCl3F3N2. The van der Waals surface area contributed by atoms with Gasteiger partial charge in [0.2, 0.25) is 0 Å². The molecule has 0 aromatic heterocycles. The Morgan fingerprint density at radius 2 is 1.82 bits per heavy atom. The molecule has 0 amide bonds. The fourth-order valence-electron chi connectivity index (χ4n) is 2.42. The van der Waals surface area contributed by atoms with Crippen molar-refractivity contribution in [1.29, 1.82) is 0 Å². The van der Waals surface area contributed by atoms with Crippen molar-refractivity contribution >= 4 is 52.3 Å². The molecule has 128 valence electrons. The summed E-state index contributed by atoms with van der Waals surface area (Å²) in [4.78, 5) is 1.84. The second-order valence-corrected chi connectivity index (χ2v) is 6.11. The summed E-state index contributed by atoms with van der Waals surface area (Å²) in [6.07, 6.45) is -5.11. The lowest BCUT2D eigenvalue weighted by Gasteiger charge is -2.36. The minimum absolute atomic E-state index is 0. The van der Waals surface area contributed by atoms with Crippen LogP contribution in [0.15, 0.2) is 22.7 Å². The molecule has 1 aliphatic rings. The van der Waals surface area contributed by atoms with E-state index in [9.17, 15) is 13.2 Å². The molecule has 0 bridgehead atoms. The van der Waals surface area contributed by atoms with Gasteiger partial charge in [0.15, 0.2) is 0 Å². The van der Waals surface area contributed by atoms with E-state index in [0.29, 0.717) is 36.8 Å². The van der Waals surface area contributed by atoms with Crippen molar-refractivity contribution in [3.8, 4) is 0 Å². The molecule has 1 aromatic rings. The lowest BCUT2D eigenvalue weighted by Crippen LogP contribution is -2.46. The number of benzene rings is 1. The van der Waals surface area contributed by atoms with Crippen LogP contribution in [-0.2, 0) is 0 Å². The first-order valence-corrected chi connectivity index (χ1v) is 7.50. The van der Waals surface area contributed by atoms with Gasteiger partial charge in [0.05, 0.1) is 6.42 Å². The largest absolute Gasteiger partial charge is 0.390 e. The number of hydrogen-bond acceptors (Lipinski definition) is 2. The molecule has 1 N–H and O–H groups in total. The molecule has 1 saturated heterocycles. The zero-order valence-corrected chi connectivity index (χ0v) is 15.5. The van der Waals surface area contributed by atoms with E-state index in [2.05, 4.69) is 21.2 Å². The fraction of sp³-hybridized carbons (Fsp3) is 0.538. The Balaban J connectivity index is 0.00000220. The molecular weight excluding hydrogens is 427 g/mol. The lowest BCUT2D eigenvalue weighted by molar-refractivity contribution is -0.148. The standard InChI is InChI=1S/C13H15BrClF3N2.2ClH/c14-9-1-2-11(15)10(7-9)12(8-13(16,17)18)20-5-3-19-4-6-20;;/h1-2,7,12,19H,3-6,8H2;2*1H/t12-;;/m0../s1. The summed E-state index contributed by atoms with van der Waals surface area (Å²) in [5.41, 5.74) is 0.528. The average molecular weight is 445 g/mol. The van der Waals surface area contributed by atoms with Crippen molar-refractivity contribution in [1.82, 2.24) is 10.2 Å². The zero-order valence-electron chi connectivity index (χ0n) is 11.5. The van der Waals surface area contributed by atoms with Gasteiger partial charge in [0.25, 0.3) is 0 Å². The quantitative estimate of drug-likeness (QED) is 0.718. The zero-order chi connectivity index (χ0) is 14.8. The maximum atomic E-state index is 12.9. The molecule has 9 heteroatoms. The van der Waals surface area contributed by atoms with E-state index in [1.165, 1.54) is 0 Å². The van der Waals surface area contributed by atoms with Gasteiger partial charge >= 0.3 is 6.18 Å². The molecule has 22 heavy (non-hydrogen) atoms. The Labute approximate surface area is 153 Å². The molecule has 0 unspecified atom stereocenters. The number of alkyl halides is 3. The number of nitrogens with one attached hydrogen (secondary N) is 1. The second-order valence-electron chi connectivity index (χ2n) is 4.79. The topological polar surface area (TPSA) is 15.3 Å². The summed E-state index contributed by atoms with van der Waals surface area (Å²) in [6, 6.07) is 4.31. The van der Waals surface area contributed by atoms with E-state index in [1.807, 2.05) is 4.90 Å². The van der Waals surface area contributed by atoms with Gasteiger partial charge in [-0.25, -0.2) is 0 Å². The third-order valence-electron chi connectivity index (χ3n) is 3.33. The summed E-state index contributed by atoms with van der Waals surface area (Å²) < 4.78 is 39.4. The van der Waals surface area contributed by atoms with E-state index < -0.39 is 18.6 Å². The van der Waals surface area contributed by atoms with Crippen LogP contribution in [0.1, 0.15) is 18.0 Å². The molecule has 2 rings (SSSR count). The van der Waals surface area contributed by atoms with Gasteiger partial charge in [-0.1, -0.05) is 27.5 Å². The van der Waals surface area contributed by atoms with Crippen LogP contribution in [-0.4, -0.2) is 37.3 Å². The van der Waals surface area contributed by atoms with Crippen molar-refractivity contribution in [3.63, 3.8) is 0 Å². The highest BCUT2D eigenvalue weighted by molar-refractivity contribution is 9.10. The number of piperazine rings is 1. The monoisotopic (exact) mass is 442 g/mol. The lowest BCUT2D eigenvalue weighted by atomic mass is 10.0. The minimum Gasteiger partial charge on any atom is -0.314 e. The van der Waals surface area contributed by atoms with E-state index in [-0.39, 0.29) is 24.8 Å². The minimum atomic E-state index is -4.22. The van der Waals surface area contributed by atoms with E-state index >= 15 is 0 Å². The fourth-order valence-corrected chi connectivity index (χ4v) is 3.04. The Kier molecular flexibility index (Phi) is 9.67. The third-order valence-corrected chi connectivity index (χ3v) is 4.17. The average Bonchev–Trinajstić information content (AvgIpc) is 2.39. The molecule has 1 heterocycles. The molecule has 0 radical (unpaired) electrons. The molecule has 0 aliphatic carbocycles. The maximum absolute atomic E-state index is 12.9. The SMILES string of the molecule is Cl.Cl.FC(F)(F)C[C@@H](c1cc(Br)ccc1Cl)N1CCNCC1. The van der Waals surface area contributed by atoms with Crippen LogP contribution in [0.5, 0.6) is 0 Å². The highest BCUT2D eigenvalue weighted by Gasteiger charge is 2.36. The third kappa shape index (κ3) is 6.42. The van der Waals surface area contributed by atoms with Gasteiger partial charge in [-0.2, -0.15) is 13.2 Å². The van der Waals surface area contributed by atoms with Crippen LogP contribution in [0.4, 0.5) is 13.2 Å². The molecule has 1 atom stereocenters. The smallest absolute Gasteiger partial charge is 0.314 e. The van der Waals surface area contributed by atoms with Crippen LogP contribution in [0, 0.1) is 0 Å². The summed E-state index contributed by atoms with van der Waals surface area (Å²) in [6.45, 7) is 2.56. The number of halogens is 7. The van der Waals surface area contributed by atoms with E-state index in [0.717, 1.165) is 4.47 Å². The Morgan fingerprint density at radius 3 is 2.36 bits per heavy atom. The van der Waals surface area contributed by atoms with Gasteiger partial charge in [0, 0.05) is 41.7 Å². The van der Waals surface area contributed by atoms with Crippen molar-refractivity contribution in [2.45, 2.75) is 18.6 Å². The summed E-state index contributed by atoms with van der Waals surface area (Å²) in [5.74, 6) is 0. The molecule has 1 aliphatic heterocycles. The second kappa shape index (κ2) is 9.55. The normalized spacial score (nSPS) is 17.3. The summed E-state index contributed by atoms with van der Waals surface area (Å²) >= 11 is 9.41. The van der Waals surface area contributed by atoms with Gasteiger partial charge in [-0.15, -0.1) is 24.8 Å². The van der Waals surface area contributed by atoms with Crippen LogP contribution >= 0.6 is 52.3 Å². The molecule has 2 nitrogen and oxygen atoms in total. The number of nitrogens with zero attached hydrogens (tertiary/aromatic N) is 1. The first kappa shape index (κ1) is 22.3. The van der Waals surface area contributed by atoms with Crippen molar-refractivity contribution in [2.24, 2.45) is 0 Å². The van der Waals surface area contributed by atoms with Crippen molar-refractivity contribution < 1.29 is 13.2 Å². The predicted octanol–water partition coefficient (Wildman–Crippen LogP) is 4.84. The number of rotatable bonds is 3. The van der Waals surface area contributed by atoms with E-state index in [1.54, 1.807) is 18.2 Å². The molecule has 1 fully saturated rings. The Morgan fingerprint density at radius 1 is 1.23 bits per heavy atom. The first-order chi connectivity index (χ1) is 9.37. The summed E-state index contributed by atoms with van der Waals surface area (Å²) in [7, 11) is 0. The first-order valence-electron chi connectivity index (χ1n) is 6.33. The van der Waals surface area contributed by atoms with Gasteiger partial charge < -0.3 is 5.32 Å². The van der Waals surface area contributed by atoms with Gasteiger partial charge in [-0.3, -0.25) is 4.90 Å². The van der Waals surface area contributed by atoms with Crippen molar-refractivity contribution in [2.75, 3.05) is 26.2 Å². The van der Waals surface area contributed by atoms with Crippen LogP contribution in [0.25, 0.3) is 0 Å². The summed E-state index contributed by atoms with van der Waals surface area (Å²) in [5, 5.41) is 3.52. The highest BCUT2D eigenvalue weighted by atomic mass is 79.9. The highest BCUT2D eigenvalue weighted by Crippen LogP contribution is 2.38. The van der Waals surface area contributed by atoms with Gasteiger partial charge in [-0.05, 0) is 23.8 Å². The maximum Gasteiger partial charge on any atom is 0.390 e. The molecule has 0 saturated carbocycles. The Bertz CT molecular complexity index is 468. The van der Waals surface area contributed by atoms with Crippen LogP contribution in [0.2, 0.25) is 5.02 Å². The Hall–Kier alpha value is 0.280. The van der Waals surface area contributed by atoms with E-state index in [4.69, 9.17) is 11.6 Å². The predicted molar refractivity (Wildman–Crippen MR) is 91.5 cm³/mol. The molecule has 0 spiro atoms. The van der Waals surface area contributed by atoms with Crippen molar-refractivity contribution in [3.05, 3.63) is 33.3 Å². The van der Waals surface area contributed by atoms with Gasteiger partial charge in [0.1, 0.15) is 0 Å². The van der Waals surface area contributed by atoms with Crippen LogP contribution < -0.4 is 5.32 Å². The van der Waals surface area contributed by atoms with Crippen LogP contribution in [0.3, 0.4) is 0 Å².